The summed E-state index contributed by atoms with van der Waals surface area (Å²) in [6, 6.07) is 75.7. The molecule has 0 spiro atoms. The van der Waals surface area contributed by atoms with E-state index >= 15 is 13.2 Å². The van der Waals surface area contributed by atoms with E-state index in [1.165, 1.54) is 12.1 Å². The van der Waals surface area contributed by atoms with Crippen molar-refractivity contribution in [1.29, 1.82) is 0 Å². The van der Waals surface area contributed by atoms with Gasteiger partial charge in [-0.25, -0.2) is 19.9 Å². The van der Waals surface area contributed by atoms with Gasteiger partial charge in [-0.3, -0.25) is 0 Å². The monoisotopic (exact) mass is 936 g/mol. The van der Waals surface area contributed by atoms with E-state index in [2.05, 4.69) is 57.7 Å². The van der Waals surface area contributed by atoms with Crippen molar-refractivity contribution in [2.24, 2.45) is 0 Å². The van der Waals surface area contributed by atoms with E-state index < -0.39 is 11.7 Å². The maximum atomic E-state index is 15.9. The van der Waals surface area contributed by atoms with Crippen molar-refractivity contribution in [3.63, 3.8) is 0 Å². The van der Waals surface area contributed by atoms with E-state index in [1.807, 2.05) is 176 Å². The number of halogens is 3. The molecule has 0 aliphatic carbocycles. The van der Waals surface area contributed by atoms with E-state index in [0.717, 1.165) is 71.6 Å². The summed E-state index contributed by atoms with van der Waals surface area (Å²) >= 11 is 0. The van der Waals surface area contributed by atoms with Gasteiger partial charge in [-0.1, -0.05) is 182 Å². The van der Waals surface area contributed by atoms with Gasteiger partial charge in [-0.15, -0.1) is 0 Å². The summed E-state index contributed by atoms with van der Waals surface area (Å²) in [6.45, 7) is 0. The van der Waals surface area contributed by atoms with Gasteiger partial charge < -0.3 is 9.13 Å². The molecule has 0 radical (unpaired) electrons. The topological polar surface area (TPSA) is 61.4 Å². The summed E-state index contributed by atoms with van der Waals surface area (Å²) in [5.41, 5.74) is 9.56. The van der Waals surface area contributed by atoms with E-state index in [1.54, 1.807) is 0 Å². The van der Waals surface area contributed by atoms with Crippen molar-refractivity contribution in [1.82, 2.24) is 29.1 Å². The van der Waals surface area contributed by atoms with Gasteiger partial charge in [-0.2, -0.15) is 13.2 Å². The van der Waals surface area contributed by atoms with Crippen LogP contribution in [0.15, 0.2) is 237 Å². The third-order valence-corrected chi connectivity index (χ3v) is 13.4. The van der Waals surface area contributed by atoms with Crippen molar-refractivity contribution in [2.75, 3.05) is 0 Å². The summed E-state index contributed by atoms with van der Waals surface area (Å²) in [6.07, 6.45) is -4.80. The van der Waals surface area contributed by atoms with Crippen molar-refractivity contribution < 1.29 is 13.2 Å². The predicted octanol–water partition coefficient (Wildman–Crippen LogP) is 16.5. The molecule has 4 heterocycles. The number of nitrogens with zero attached hydrogens (tertiary/aromatic N) is 6. The minimum atomic E-state index is -4.80. The van der Waals surface area contributed by atoms with Crippen molar-refractivity contribution in [3.8, 4) is 79.2 Å². The molecular weight excluding hydrogens is 898 g/mol. The molecule has 72 heavy (non-hydrogen) atoms. The molecule has 0 N–H and O–H groups in total. The first-order valence-corrected chi connectivity index (χ1v) is 23.6. The Morgan fingerprint density at radius 2 is 0.639 bits per heavy atom. The number of aromatic nitrogens is 6. The highest BCUT2D eigenvalue weighted by atomic mass is 19.4. The van der Waals surface area contributed by atoms with Crippen LogP contribution in [0.2, 0.25) is 0 Å². The Kier molecular flexibility index (Phi) is 10.2. The number of hydrogen-bond donors (Lipinski definition) is 0. The van der Waals surface area contributed by atoms with Crippen LogP contribution in [0.5, 0.6) is 0 Å². The first-order valence-electron chi connectivity index (χ1n) is 23.6. The Bertz CT molecular complexity index is 3870. The summed E-state index contributed by atoms with van der Waals surface area (Å²) in [5, 5.41) is 4.02. The number of rotatable bonds is 8. The molecule has 0 amide bonds. The minimum absolute atomic E-state index is 0.101. The van der Waals surface area contributed by atoms with E-state index in [4.69, 9.17) is 19.9 Å². The van der Waals surface area contributed by atoms with Gasteiger partial charge in [0.05, 0.1) is 56.1 Å². The van der Waals surface area contributed by atoms with Gasteiger partial charge in [0.2, 0.25) is 0 Å². The summed E-state index contributed by atoms with van der Waals surface area (Å²) < 4.78 is 52.0. The molecule has 13 rings (SSSR count). The second kappa shape index (κ2) is 17.2. The molecule has 0 atom stereocenters. The molecule has 0 bridgehead atoms. The molecular formula is C63H39F3N6. The third kappa shape index (κ3) is 7.38. The van der Waals surface area contributed by atoms with Crippen LogP contribution in [0.25, 0.3) is 123 Å². The SMILES string of the molecule is FC(F)(F)c1cc(-c2nc(-c3ccccc3)cc(-c3ccccc3)n2)c(-n2c3ccccc3c3ccc(-n4c5ccccc5c5ccccc54)cc32)c(-c2nc(-c3ccccc3)cc(-c3ccccc3)n2)c1. The van der Waals surface area contributed by atoms with Gasteiger partial charge in [-0.05, 0) is 54.6 Å². The van der Waals surface area contributed by atoms with Crippen LogP contribution in [-0.4, -0.2) is 29.1 Å². The lowest BCUT2D eigenvalue weighted by Crippen LogP contribution is -2.11. The molecule has 0 fully saturated rings. The lowest BCUT2D eigenvalue weighted by molar-refractivity contribution is -0.137. The van der Waals surface area contributed by atoms with Gasteiger partial charge in [0, 0.05) is 60.6 Å². The van der Waals surface area contributed by atoms with Crippen molar-refractivity contribution in [3.05, 3.63) is 242 Å². The van der Waals surface area contributed by atoms with Gasteiger partial charge in [0.1, 0.15) is 0 Å². The van der Waals surface area contributed by atoms with Crippen LogP contribution in [0.3, 0.4) is 0 Å². The standard InChI is InChI=1S/C63H39F3N6/c64-63(65,66)44-35-50(61-67-52(40-19-5-1-6-20-40)38-53(68-61)41-21-7-2-8-22-41)60(51(36-44)62-69-54(42-23-9-3-10-24-42)39-55(70-62)43-25-11-4-12-26-43)72-58-32-18-15-29-48(58)49-34-33-45(37-59(49)72)71-56-30-16-13-27-46(56)47-28-14-17-31-57(47)71/h1-39H. The van der Waals surface area contributed by atoms with Crippen LogP contribution in [0, 0.1) is 0 Å². The van der Waals surface area contributed by atoms with Gasteiger partial charge in [0.15, 0.2) is 11.6 Å². The molecule has 0 saturated carbocycles. The summed E-state index contributed by atoms with van der Waals surface area (Å²) in [5.74, 6) is 0.203. The zero-order valence-electron chi connectivity index (χ0n) is 38.3. The van der Waals surface area contributed by atoms with Crippen LogP contribution in [0.4, 0.5) is 13.2 Å². The number of alkyl halides is 3. The Morgan fingerprint density at radius 1 is 0.306 bits per heavy atom. The lowest BCUT2D eigenvalue weighted by atomic mass is 9.98. The number of para-hydroxylation sites is 3. The van der Waals surface area contributed by atoms with Crippen LogP contribution >= 0.6 is 0 Å². The van der Waals surface area contributed by atoms with E-state index in [-0.39, 0.29) is 22.8 Å². The average molecular weight is 937 g/mol. The fourth-order valence-corrected chi connectivity index (χ4v) is 10.1. The lowest BCUT2D eigenvalue weighted by Gasteiger charge is -2.21. The zero-order valence-corrected chi connectivity index (χ0v) is 38.3. The molecule has 4 aromatic heterocycles. The minimum Gasteiger partial charge on any atom is -0.309 e. The highest BCUT2D eigenvalue weighted by molar-refractivity contribution is 6.13. The zero-order chi connectivity index (χ0) is 48.3. The second-order valence-electron chi connectivity index (χ2n) is 17.7. The molecule has 0 aliphatic rings. The first-order chi connectivity index (χ1) is 35.3. The first kappa shape index (κ1) is 42.6. The molecule has 0 unspecified atom stereocenters. The van der Waals surface area contributed by atoms with Crippen LogP contribution < -0.4 is 0 Å². The largest absolute Gasteiger partial charge is 0.416 e. The smallest absolute Gasteiger partial charge is 0.309 e. The molecule has 0 saturated heterocycles. The third-order valence-electron chi connectivity index (χ3n) is 13.4. The van der Waals surface area contributed by atoms with Gasteiger partial charge >= 0.3 is 6.18 Å². The van der Waals surface area contributed by atoms with E-state index in [0.29, 0.717) is 28.5 Å². The second-order valence-corrected chi connectivity index (χ2v) is 17.7. The summed E-state index contributed by atoms with van der Waals surface area (Å²) in [7, 11) is 0. The van der Waals surface area contributed by atoms with Crippen molar-refractivity contribution >= 4 is 43.6 Å². The summed E-state index contributed by atoms with van der Waals surface area (Å²) in [4.78, 5) is 20.8. The quantitative estimate of drug-likeness (QED) is 0.152. The fourth-order valence-electron chi connectivity index (χ4n) is 10.1. The molecule has 13 aromatic rings. The highest BCUT2D eigenvalue weighted by Gasteiger charge is 2.35. The van der Waals surface area contributed by atoms with Crippen LogP contribution in [0.1, 0.15) is 5.56 Å². The Hall–Kier alpha value is -9.47. The molecule has 0 aliphatic heterocycles. The normalized spacial score (nSPS) is 11.8. The molecule has 9 aromatic carbocycles. The van der Waals surface area contributed by atoms with Crippen molar-refractivity contribution in [2.45, 2.75) is 6.18 Å². The Morgan fingerprint density at radius 3 is 1.01 bits per heavy atom. The molecule has 9 heteroatoms. The maximum Gasteiger partial charge on any atom is 0.416 e. The van der Waals surface area contributed by atoms with Crippen LogP contribution in [-0.2, 0) is 6.18 Å². The van der Waals surface area contributed by atoms with Gasteiger partial charge in [0.25, 0.3) is 0 Å². The number of fused-ring (bicyclic) bond motifs is 6. The van der Waals surface area contributed by atoms with E-state index in [9.17, 15) is 0 Å². The average Bonchev–Trinajstić information content (AvgIpc) is 3.95. The molecule has 342 valence electrons. The fraction of sp³-hybridized carbons (Fsp3) is 0.0159. The Labute approximate surface area is 411 Å². The number of benzene rings is 9. The predicted molar refractivity (Wildman–Crippen MR) is 284 cm³/mol. The maximum absolute atomic E-state index is 15.9. The number of hydrogen-bond acceptors (Lipinski definition) is 4. The molecule has 6 nitrogen and oxygen atoms in total. The Balaban J connectivity index is 1.20. The highest BCUT2D eigenvalue weighted by Crippen LogP contribution is 2.46.